The van der Waals surface area contributed by atoms with E-state index in [9.17, 15) is 9.59 Å². The lowest BCUT2D eigenvalue weighted by Crippen LogP contribution is -2.67. The molecule has 2 heterocycles. The van der Waals surface area contributed by atoms with Crippen molar-refractivity contribution in [3.8, 4) is 11.1 Å². The molecule has 2 amide bonds. The normalized spacial score (nSPS) is 19.9. The van der Waals surface area contributed by atoms with E-state index in [1.807, 2.05) is 58.2 Å². The molecule has 0 bridgehead atoms. The Morgan fingerprint density at radius 3 is 2.02 bits per heavy atom. The number of carbonyl (C=O) groups is 2. The van der Waals surface area contributed by atoms with Gasteiger partial charge in [-0.25, -0.2) is 9.78 Å². The monoisotopic (exact) mass is 712 g/mol. The van der Waals surface area contributed by atoms with Gasteiger partial charge in [-0.1, -0.05) is 81.4 Å². The molecule has 2 saturated carbocycles. The standard InChI is InChI=1S/C43H48N4O4Si/c1-27-18-19-44-25-35(27)28-20-29-22-38(45-26-36(29)37(21-28)46-41(49)50-42(2,3)4)47-40(48)39-33-23-30(24-34(33)39)51-52(43(5,6)7,31-14-10-8-11-15-31)32-16-12-9-13-17-32/h8-22,25-26,30,33-34,39H,23-24H2,1-7H3,(H,46,49)(H,45,47,48). The Morgan fingerprint density at radius 2 is 1.44 bits per heavy atom. The van der Waals surface area contributed by atoms with E-state index in [1.165, 1.54) is 10.4 Å². The molecule has 2 aliphatic rings. The maximum atomic E-state index is 13.7. The summed E-state index contributed by atoms with van der Waals surface area (Å²) in [5.41, 5.74) is 2.80. The number of ether oxygens (including phenoxy) is 1. The smallest absolute Gasteiger partial charge is 0.412 e. The number of fused-ring (bicyclic) bond motifs is 2. The first-order valence-corrected chi connectivity index (χ1v) is 20.1. The van der Waals surface area contributed by atoms with Gasteiger partial charge < -0.3 is 14.5 Å². The van der Waals surface area contributed by atoms with Gasteiger partial charge in [-0.2, -0.15) is 0 Å². The molecule has 5 aromatic rings. The molecule has 9 heteroatoms. The molecule has 0 aliphatic heterocycles. The highest BCUT2D eigenvalue weighted by Gasteiger charge is 2.62. The summed E-state index contributed by atoms with van der Waals surface area (Å²) in [5, 5.41) is 10.1. The minimum Gasteiger partial charge on any atom is -0.444 e. The number of benzene rings is 3. The molecule has 3 aromatic carbocycles. The number of aromatic nitrogens is 2. The third-order valence-electron chi connectivity index (χ3n) is 10.5. The van der Waals surface area contributed by atoms with Crippen molar-refractivity contribution in [3.05, 3.63) is 109 Å². The van der Waals surface area contributed by atoms with Crippen LogP contribution < -0.4 is 21.0 Å². The van der Waals surface area contributed by atoms with Crippen LogP contribution in [0.5, 0.6) is 0 Å². The fraction of sp³-hybridized carbons (Fsp3) is 0.349. The second kappa shape index (κ2) is 13.6. The molecule has 2 N–H and O–H groups in total. The Balaban J connectivity index is 1.10. The predicted octanol–water partition coefficient (Wildman–Crippen LogP) is 8.49. The number of hydrogen-bond acceptors (Lipinski definition) is 6. The molecule has 2 fully saturated rings. The lowest BCUT2D eigenvalue weighted by molar-refractivity contribution is -0.118. The topological polar surface area (TPSA) is 102 Å². The number of anilines is 2. The summed E-state index contributed by atoms with van der Waals surface area (Å²) in [6.07, 6.45) is 6.54. The van der Waals surface area contributed by atoms with Crippen LogP contribution in [0.4, 0.5) is 16.3 Å². The van der Waals surface area contributed by atoms with Crippen LogP contribution in [0.1, 0.15) is 59.9 Å². The van der Waals surface area contributed by atoms with Gasteiger partial charge in [0.25, 0.3) is 8.32 Å². The lowest BCUT2D eigenvalue weighted by Gasteiger charge is -2.45. The Bertz CT molecular complexity index is 2060. The summed E-state index contributed by atoms with van der Waals surface area (Å²) in [7, 11) is -2.67. The van der Waals surface area contributed by atoms with Gasteiger partial charge in [0.2, 0.25) is 5.91 Å². The van der Waals surface area contributed by atoms with Crippen molar-refractivity contribution >= 4 is 53.0 Å². The summed E-state index contributed by atoms with van der Waals surface area (Å²) in [5.74, 6) is 0.982. The van der Waals surface area contributed by atoms with Gasteiger partial charge in [0.15, 0.2) is 0 Å². The average Bonchev–Trinajstić information content (AvgIpc) is 3.61. The number of nitrogens with zero attached hydrogens (tertiary/aromatic N) is 2. The van der Waals surface area contributed by atoms with Gasteiger partial charge in [-0.05, 0) is 109 Å². The third-order valence-corrected chi connectivity index (χ3v) is 15.6. The molecule has 8 nitrogen and oxygen atoms in total. The molecule has 268 valence electrons. The van der Waals surface area contributed by atoms with Crippen LogP contribution in [0.15, 0.2) is 104 Å². The second-order valence-corrected chi connectivity index (χ2v) is 20.6. The number of amides is 2. The lowest BCUT2D eigenvalue weighted by atomic mass is 9.99. The van der Waals surface area contributed by atoms with E-state index in [2.05, 4.69) is 102 Å². The van der Waals surface area contributed by atoms with Crippen molar-refractivity contribution in [3.63, 3.8) is 0 Å². The zero-order valence-corrected chi connectivity index (χ0v) is 32.1. The Kier molecular flexibility index (Phi) is 9.29. The van der Waals surface area contributed by atoms with E-state index < -0.39 is 20.0 Å². The molecule has 2 aromatic heterocycles. The summed E-state index contributed by atoms with van der Waals surface area (Å²) in [4.78, 5) is 35.5. The minimum atomic E-state index is -2.67. The van der Waals surface area contributed by atoms with Crippen LogP contribution in [0, 0.1) is 24.7 Å². The summed E-state index contributed by atoms with van der Waals surface area (Å²) < 4.78 is 13.0. The predicted molar refractivity (Wildman–Crippen MR) is 210 cm³/mol. The van der Waals surface area contributed by atoms with E-state index in [1.54, 1.807) is 12.4 Å². The van der Waals surface area contributed by atoms with Gasteiger partial charge in [0, 0.05) is 41.6 Å². The first-order chi connectivity index (χ1) is 24.7. The summed E-state index contributed by atoms with van der Waals surface area (Å²) in [6, 6.07) is 29.3. The fourth-order valence-electron chi connectivity index (χ4n) is 8.19. The average molecular weight is 713 g/mol. The first-order valence-electron chi connectivity index (χ1n) is 18.2. The van der Waals surface area contributed by atoms with Crippen LogP contribution in [-0.2, 0) is 14.0 Å². The van der Waals surface area contributed by atoms with Gasteiger partial charge in [0.1, 0.15) is 11.4 Å². The number of pyridine rings is 2. The summed E-state index contributed by atoms with van der Waals surface area (Å²) in [6.45, 7) is 14.4. The summed E-state index contributed by atoms with van der Waals surface area (Å²) >= 11 is 0. The molecule has 2 unspecified atom stereocenters. The van der Waals surface area contributed by atoms with E-state index in [0.717, 1.165) is 40.3 Å². The highest BCUT2D eigenvalue weighted by molar-refractivity contribution is 6.99. The van der Waals surface area contributed by atoms with Crippen molar-refractivity contribution < 1.29 is 18.8 Å². The molecule has 0 saturated heterocycles. The van der Waals surface area contributed by atoms with Crippen molar-refractivity contribution in [2.75, 3.05) is 10.6 Å². The van der Waals surface area contributed by atoms with Crippen LogP contribution in [0.3, 0.4) is 0 Å². The zero-order chi connectivity index (χ0) is 36.8. The maximum absolute atomic E-state index is 13.7. The van der Waals surface area contributed by atoms with Gasteiger partial charge >= 0.3 is 6.09 Å². The fourth-order valence-corrected chi connectivity index (χ4v) is 12.9. The number of hydrogen-bond donors (Lipinski definition) is 2. The maximum Gasteiger partial charge on any atom is 0.412 e. The molecular weight excluding hydrogens is 665 g/mol. The molecule has 0 radical (unpaired) electrons. The minimum absolute atomic E-state index is 0.00268. The van der Waals surface area contributed by atoms with Crippen LogP contribution >= 0.6 is 0 Å². The Labute approximate surface area is 307 Å². The number of nitrogens with one attached hydrogen (secondary N) is 2. The van der Waals surface area contributed by atoms with E-state index in [4.69, 9.17) is 9.16 Å². The van der Waals surface area contributed by atoms with Crippen LogP contribution in [0.2, 0.25) is 5.04 Å². The van der Waals surface area contributed by atoms with Crippen molar-refractivity contribution in [1.29, 1.82) is 0 Å². The first kappa shape index (κ1) is 35.5. The molecule has 2 aliphatic carbocycles. The molecular formula is C43H48N4O4Si. The SMILES string of the molecule is Cc1ccncc1-c1cc(NC(=O)OC(C)(C)C)c2cnc(NC(=O)C3C4CC(O[Si](c5ccccc5)(c5ccccc5)C(C)(C)C)CC43)cc2c1. The van der Waals surface area contributed by atoms with Crippen molar-refractivity contribution in [2.45, 2.75) is 78.1 Å². The van der Waals surface area contributed by atoms with Gasteiger partial charge in [-0.3, -0.25) is 15.1 Å². The molecule has 7 rings (SSSR count). The number of rotatable bonds is 8. The highest BCUT2D eigenvalue weighted by Crippen LogP contribution is 2.59. The molecule has 0 spiro atoms. The Morgan fingerprint density at radius 1 is 0.808 bits per heavy atom. The van der Waals surface area contributed by atoms with Gasteiger partial charge in [0.05, 0.1) is 5.69 Å². The molecule has 52 heavy (non-hydrogen) atoms. The second-order valence-electron chi connectivity index (χ2n) is 16.3. The molecule has 2 atom stereocenters. The quantitative estimate of drug-likeness (QED) is 0.157. The third kappa shape index (κ3) is 6.99. The van der Waals surface area contributed by atoms with E-state index >= 15 is 0 Å². The van der Waals surface area contributed by atoms with Crippen LogP contribution in [0.25, 0.3) is 21.9 Å². The van der Waals surface area contributed by atoms with E-state index in [0.29, 0.717) is 11.5 Å². The van der Waals surface area contributed by atoms with E-state index in [-0.39, 0.29) is 34.8 Å². The van der Waals surface area contributed by atoms with Crippen molar-refractivity contribution in [2.24, 2.45) is 17.8 Å². The van der Waals surface area contributed by atoms with Gasteiger partial charge in [-0.15, -0.1) is 0 Å². The number of carbonyl (C=O) groups excluding carboxylic acids is 2. The van der Waals surface area contributed by atoms with Crippen LogP contribution in [-0.4, -0.2) is 42.0 Å². The van der Waals surface area contributed by atoms with Crippen molar-refractivity contribution in [1.82, 2.24) is 9.97 Å². The number of aryl methyl sites for hydroxylation is 1. The zero-order valence-electron chi connectivity index (χ0n) is 31.1. The largest absolute Gasteiger partial charge is 0.444 e. The Hall–Kier alpha value is -4.86. The highest BCUT2D eigenvalue weighted by atomic mass is 28.4.